The van der Waals surface area contributed by atoms with Crippen molar-refractivity contribution in [3.8, 4) is 0 Å². The number of thioether (sulfide) groups is 1. The number of nitrogens with zero attached hydrogens (tertiary/aromatic N) is 1. The summed E-state index contributed by atoms with van der Waals surface area (Å²) >= 11 is 1.87. The summed E-state index contributed by atoms with van der Waals surface area (Å²) < 4.78 is 5.67. The van der Waals surface area contributed by atoms with E-state index in [1.807, 2.05) is 49.6 Å². The summed E-state index contributed by atoms with van der Waals surface area (Å²) in [6, 6.07) is 4.14. The highest BCUT2D eigenvalue weighted by Gasteiger charge is 2.30. The van der Waals surface area contributed by atoms with Gasteiger partial charge >= 0.3 is 6.03 Å². The van der Waals surface area contributed by atoms with E-state index in [-0.39, 0.29) is 18.1 Å². The maximum absolute atomic E-state index is 12.2. The SMILES string of the molecule is Cc1ccc(C2CSCCN2C(=O)NC(C)C)o1. The number of furan rings is 1. The van der Waals surface area contributed by atoms with Crippen molar-refractivity contribution in [2.75, 3.05) is 18.1 Å². The van der Waals surface area contributed by atoms with Gasteiger partial charge in [0.1, 0.15) is 17.6 Å². The van der Waals surface area contributed by atoms with E-state index in [0.29, 0.717) is 0 Å². The maximum Gasteiger partial charge on any atom is 0.318 e. The van der Waals surface area contributed by atoms with E-state index in [0.717, 1.165) is 29.6 Å². The van der Waals surface area contributed by atoms with E-state index in [2.05, 4.69) is 5.32 Å². The van der Waals surface area contributed by atoms with Crippen molar-refractivity contribution in [3.63, 3.8) is 0 Å². The molecule has 1 aromatic rings. The Morgan fingerprint density at radius 3 is 2.94 bits per heavy atom. The van der Waals surface area contributed by atoms with Gasteiger partial charge in [-0.2, -0.15) is 11.8 Å². The van der Waals surface area contributed by atoms with Crippen LogP contribution in [0.25, 0.3) is 0 Å². The topological polar surface area (TPSA) is 45.5 Å². The summed E-state index contributed by atoms with van der Waals surface area (Å²) in [4.78, 5) is 14.0. The molecule has 5 heteroatoms. The lowest BCUT2D eigenvalue weighted by molar-refractivity contribution is 0.171. The molecule has 1 N–H and O–H groups in total. The Bertz CT molecular complexity index is 417. The van der Waals surface area contributed by atoms with Crippen LogP contribution in [0.15, 0.2) is 16.5 Å². The number of hydrogen-bond donors (Lipinski definition) is 1. The van der Waals surface area contributed by atoms with Crippen LogP contribution < -0.4 is 5.32 Å². The monoisotopic (exact) mass is 268 g/mol. The predicted molar refractivity (Wildman–Crippen MR) is 73.9 cm³/mol. The van der Waals surface area contributed by atoms with Gasteiger partial charge in [-0.1, -0.05) is 0 Å². The van der Waals surface area contributed by atoms with Crippen LogP contribution in [-0.4, -0.2) is 35.0 Å². The quantitative estimate of drug-likeness (QED) is 0.897. The number of nitrogens with one attached hydrogen (secondary N) is 1. The van der Waals surface area contributed by atoms with E-state index >= 15 is 0 Å². The van der Waals surface area contributed by atoms with Gasteiger partial charge in [0.25, 0.3) is 0 Å². The molecule has 1 atom stereocenters. The van der Waals surface area contributed by atoms with Gasteiger partial charge in [0.05, 0.1) is 0 Å². The summed E-state index contributed by atoms with van der Waals surface area (Å²) in [6.45, 7) is 6.65. The second-order valence-electron chi connectivity index (χ2n) is 4.84. The van der Waals surface area contributed by atoms with Crippen molar-refractivity contribution in [1.29, 1.82) is 0 Å². The zero-order valence-electron chi connectivity index (χ0n) is 11.1. The molecule has 0 saturated carbocycles. The van der Waals surface area contributed by atoms with Crippen LogP contribution in [0.5, 0.6) is 0 Å². The van der Waals surface area contributed by atoms with Gasteiger partial charge in [-0.05, 0) is 32.9 Å². The maximum atomic E-state index is 12.2. The molecule has 0 bridgehead atoms. The molecule has 100 valence electrons. The summed E-state index contributed by atoms with van der Waals surface area (Å²) in [5, 5.41) is 2.96. The van der Waals surface area contributed by atoms with Gasteiger partial charge in [-0.15, -0.1) is 0 Å². The number of carbonyl (C=O) groups is 1. The van der Waals surface area contributed by atoms with Gasteiger partial charge in [-0.3, -0.25) is 0 Å². The molecule has 1 aromatic heterocycles. The zero-order chi connectivity index (χ0) is 13.1. The normalized spacial score (nSPS) is 20.2. The van der Waals surface area contributed by atoms with E-state index in [1.165, 1.54) is 0 Å². The third-order valence-corrected chi connectivity index (χ3v) is 3.91. The zero-order valence-corrected chi connectivity index (χ0v) is 11.9. The number of urea groups is 1. The Balaban J connectivity index is 2.13. The molecule has 0 aliphatic carbocycles. The molecule has 2 amide bonds. The smallest absolute Gasteiger partial charge is 0.318 e. The number of amides is 2. The number of hydrogen-bond acceptors (Lipinski definition) is 3. The minimum Gasteiger partial charge on any atom is -0.464 e. The van der Waals surface area contributed by atoms with Crippen LogP contribution in [0, 0.1) is 6.92 Å². The fraction of sp³-hybridized carbons (Fsp3) is 0.615. The number of rotatable bonds is 2. The Morgan fingerprint density at radius 1 is 1.56 bits per heavy atom. The number of aryl methyl sites for hydroxylation is 1. The van der Waals surface area contributed by atoms with E-state index in [4.69, 9.17) is 4.42 Å². The van der Waals surface area contributed by atoms with Crippen molar-refractivity contribution in [3.05, 3.63) is 23.7 Å². The van der Waals surface area contributed by atoms with Crippen LogP contribution in [0.3, 0.4) is 0 Å². The van der Waals surface area contributed by atoms with E-state index in [1.54, 1.807) is 0 Å². The second kappa shape index (κ2) is 5.69. The first kappa shape index (κ1) is 13.3. The molecule has 4 nitrogen and oxygen atoms in total. The van der Waals surface area contributed by atoms with Gasteiger partial charge < -0.3 is 14.6 Å². The molecule has 1 unspecified atom stereocenters. The van der Waals surface area contributed by atoms with Crippen LogP contribution in [0.4, 0.5) is 4.79 Å². The van der Waals surface area contributed by atoms with Crippen LogP contribution in [0.2, 0.25) is 0 Å². The fourth-order valence-electron chi connectivity index (χ4n) is 2.04. The fourth-order valence-corrected chi connectivity index (χ4v) is 3.10. The predicted octanol–water partition coefficient (Wildman–Crippen LogP) is 2.80. The molecule has 2 rings (SSSR count). The molecule has 0 aromatic carbocycles. The molecule has 18 heavy (non-hydrogen) atoms. The van der Waals surface area contributed by atoms with Crippen molar-refractivity contribution in [2.24, 2.45) is 0 Å². The Kier molecular flexibility index (Phi) is 4.22. The molecule has 1 fully saturated rings. The van der Waals surface area contributed by atoms with Crippen LogP contribution in [0.1, 0.15) is 31.4 Å². The van der Waals surface area contributed by atoms with E-state index < -0.39 is 0 Å². The van der Waals surface area contributed by atoms with Crippen molar-refractivity contribution in [1.82, 2.24) is 10.2 Å². The van der Waals surface area contributed by atoms with Gasteiger partial charge in [0, 0.05) is 24.1 Å². The first-order valence-corrected chi connectivity index (χ1v) is 7.44. The first-order valence-electron chi connectivity index (χ1n) is 6.29. The average molecular weight is 268 g/mol. The summed E-state index contributed by atoms with van der Waals surface area (Å²) in [5.41, 5.74) is 0. The molecule has 1 saturated heterocycles. The molecular formula is C13H20N2O2S. The molecule has 1 aliphatic rings. The van der Waals surface area contributed by atoms with Crippen molar-refractivity contribution < 1.29 is 9.21 Å². The standard InChI is InChI=1S/C13H20N2O2S/c1-9(2)14-13(16)15-6-7-18-8-11(15)12-5-4-10(3)17-12/h4-5,9,11H,6-8H2,1-3H3,(H,14,16). The summed E-state index contributed by atoms with van der Waals surface area (Å²) in [7, 11) is 0. The lowest BCUT2D eigenvalue weighted by Crippen LogP contribution is -2.48. The minimum atomic E-state index is 0.00403. The van der Waals surface area contributed by atoms with Gasteiger partial charge in [0.2, 0.25) is 0 Å². The molecule has 0 radical (unpaired) electrons. The van der Waals surface area contributed by atoms with Gasteiger partial charge in [0.15, 0.2) is 0 Å². The molecular weight excluding hydrogens is 248 g/mol. The largest absolute Gasteiger partial charge is 0.464 e. The summed E-state index contributed by atoms with van der Waals surface area (Å²) in [6.07, 6.45) is 0. The average Bonchev–Trinajstić information content (AvgIpc) is 2.75. The highest BCUT2D eigenvalue weighted by molar-refractivity contribution is 7.99. The molecule has 1 aliphatic heterocycles. The molecule has 2 heterocycles. The lowest BCUT2D eigenvalue weighted by Gasteiger charge is -2.34. The Morgan fingerprint density at radius 2 is 2.33 bits per heavy atom. The highest BCUT2D eigenvalue weighted by Crippen LogP contribution is 2.30. The first-order chi connectivity index (χ1) is 8.58. The molecule has 0 spiro atoms. The van der Waals surface area contributed by atoms with Crippen LogP contribution in [-0.2, 0) is 0 Å². The third kappa shape index (κ3) is 3.02. The van der Waals surface area contributed by atoms with Crippen molar-refractivity contribution >= 4 is 17.8 Å². The lowest BCUT2D eigenvalue weighted by atomic mass is 10.2. The van der Waals surface area contributed by atoms with Crippen molar-refractivity contribution in [2.45, 2.75) is 32.9 Å². The van der Waals surface area contributed by atoms with Crippen LogP contribution >= 0.6 is 11.8 Å². The highest BCUT2D eigenvalue weighted by atomic mass is 32.2. The second-order valence-corrected chi connectivity index (χ2v) is 5.99. The third-order valence-electron chi connectivity index (χ3n) is 2.89. The van der Waals surface area contributed by atoms with E-state index in [9.17, 15) is 4.79 Å². The Labute approximate surface area is 112 Å². The Hall–Kier alpha value is -1.10. The minimum absolute atomic E-state index is 0.00403. The number of carbonyl (C=O) groups excluding carboxylic acids is 1. The van der Waals surface area contributed by atoms with Gasteiger partial charge in [-0.25, -0.2) is 4.79 Å². The summed E-state index contributed by atoms with van der Waals surface area (Å²) in [5.74, 6) is 3.67.